The molecule has 1 aromatic carbocycles. The number of aromatic nitrogens is 1. The van der Waals surface area contributed by atoms with Crippen LogP contribution >= 0.6 is 11.6 Å². The van der Waals surface area contributed by atoms with Crippen LogP contribution in [0.1, 0.15) is 17.0 Å². The summed E-state index contributed by atoms with van der Waals surface area (Å²) in [7, 11) is -3.92. The van der Waals surface area contributed by atoms with Crippen molar-refractivity contribution in [2.24, 2.45) is 0 Å². The van der Waals surface area contributed by atoms with Crippen molar-refractivity contribution in [3.8, 4) is 6.07 Å². The zero-order valence-corrected chi connectivity index (χ0v) is 14.3. The van der Waals surface area contributed by atoms with Gasteiger partial charge in [-0.05, 0) is 32.0 Å². The van der Waals surface area contributed by atoms with Gasteiger partial charge in [0.25, 0.3) is 0 Å². The van der Waals surface area contributed by atoms with Crippen molar-refractivity contribution >= 4 is 33.2 Å². The Hall–Kier alpha value is -2.41. The van der Waals surface area contributed by atoms with Crippen LogP contribution in [0.5, 0.6) is 0 Å². The van der Waals surface area contributed by atoms with E-state index in [1.165, 1.54) is 32.0 Å². The van der Waals surface area contributed by atoms with E-state index in [1.54, 1.807) is 0 Å². The summed E-state index contributed by atoms with van der Waals surface area (Å²) in [6, 6.07) is 6.24. The van der Waals surface area contributed by atoms with Gasteiger partial charge in [-0.15, -0.1) is 0 Å². The number of rotatable bonds is 5. The van der Waals surface area contributed by atoms with E-state index in [0.29, 0.717) is 5.69 Å². The molecule has 0 radical (unpaired) electrons. The standard InChI is InChI=1S/C14H13ClN4O4S/c1-8-14(9(2)23-19-8)24(21,22)17-7-13(20)18-11-4-3-10(6-16)12(15)5-11/h3-5,17H,7H2,1-2H3,(H,18,20). The maximum atomic E-state index is 12.2. The van der Waals surface area contributed by atoms with Crippen molar-refractivity contribution in [3.63, 3.8) is 0 Å². The molecule has 126 valence electrons. The first kappa shape index (κ1) is 17.9. The third kappa shape index (κ3) is 3.91. The molecule has 0 aliphatic rings. The predicted octanol–water partition coefficient (Wildman–Crippen LogP) is 1.73. The molecule has 8 nitrogen and oxygen atoms in total. The number of nitrogens with one attached hydrogen (secondary N) is 2. The van der Waals surface area contributed by atoms with Gasteiger partial charge in [0.05, 0.1) is 17.1 Å². The Kier molecular flexibility index (Phi) is 5.23. The van der Waals surface area contributed by atoms with Gasteiger partial charge in [-0.25, -0.2) is 13.1 Å². The van der Waals surface area contributed by atoms with E-state index in [9.17, 15) is 13.2 Å². The summed E-state index contributed by atoms with van der Waals surface area (Å²) >= 11 is 5.86. The Morgan fingerprint density at radius 3 is 2.67 bits per heavy atom. The number of amides is 1. The van der Waals surface area contributed by atoms with Crippen LogP contribution in [-0.4, -0.2) is 26.0 Å². The Morgan fingerprint density at radius 1 is 1.42 bits per heavy atom. The molecular weight excluding hydrogens is 356 g/mol. The van der Waals surface area contributed by atoms with Gasteiger partial charge < -0.3 is 9.84 Å². The van der Waals surface area contributed by atoms with E-state index in [-0.39, 0.29) is 26.9 Å². The number of carbonyl (C=O) groups excluding carboxylic acids is 1. The van der Waals surface area contributed by atoms with E-state index >= 15 is 0 Å². The molecule has 0 saturated carbocycles. The number of nitriles is 1. The molecule has 1 amide bonds. The Labute approximate surface area is 143 Å². The summed E-state index contributed by atoms with van der Waals surface area (Å²) in [6.07, 6.45) is 0. The summed E-state index contributed by atoms with van der Waals surface area (Å²) in [5, 5.41) is 15.0. The summed E-state index contributed by atoms with van der Waals surface area (Å²) in [5.41, 5.74) is 0.827. The highest BCUT2D eigenvalue weighted by Gasteiger charge is 2.24. The molecule has 0 spiro atoms. The van der Waals surface area contributed by atoms with Crippen molar-refractivity contribution in [2.75, 3.05) is 11.9 Å². The van der Waals surface area contributed by atoms with Crippen molar-refractivity contribution in [1.29, 1.82) is 5.26 Å². The number of aryl methyl sites for hydroxylation is 2. The van der Waals surface area contributed by atoms with Crippen LogP contribution in [0.15, 0.2) is 27.6 Å². The molecule has 0 aliphatic heterocycles. The second-order valence-electron chi connectivity index (χ2n) is 4.83. The molecule has 0 unspecified atom stereocenters. The third-order valence-corrected chi connectivity index (χ3v) is 4.99. The van der Waals surface area contributed by atoms with Gasteiger partial charge in [0, 0.05) is 5.69 Å². The number of hydrogen-bond donors (Lipinski definition) is 2. The fourth-order valence-corrected chi connectivity index (χ4v) is 3.51. The SMILES string of the molecule is Cc1noc(C)c1S(=O)(=O)NCC(=O)Nc1ccc(C#N)c(Cl)c1. The molecule has 0 atom stereocenters. The largest absolute Gasteiger partial charge is 0.360 e. The van der Waals surface area contributed by atoms with Crippen LogP contribution in [0.4, 0.5) is 5.69 Å². The van der Waals surface area contributed by atoms with Crippen LogP contribution in [0.3, 0.4) is 0 Å². The number of nitrogens with zero attached hydrogens (tertiary/aromatic N) is 2. The van der Waals surface area contributed by atoms with E-state index in [4.69, 9.17) is 21.4 Å². The maximum absolute atomic E-state index is 12.2. The Bertz CT molecular complexity index is 911. The second kappa shape index (κ2) is 7.00. The summed E-state index contributed by atoms with van der Waals surface area (Å²) < 4.78 is 31.3. The minimum absolute atomic E-state index is 0.0864. The lowest BCUT2D eigenvalue weighted by Crippen LogP contribution is -2.33. The number of benzene rings is 1. The van der Waals surface area contributed by atoms with Crippen LogP contribution in [0, 0.1) is 25.2 Å². The molecule has 1 heterocycles. The molecule has 1 aromatic heterocycles. The highest BCUT2D eigenvalue weighted by atomic mass is 35.5. The van der Waals surface area contributed by atoms with Crippen LogP contribution in [0.25, 0.3) is 0 Å². The maximum Gasteiger partial charge on any atom is 0.246 e. The number of sulfonamides is 1. The number of halogens is 1. The molecule has 10 heteroatoms. The lowest BCUT2D eigenvalue weighted by molar-refractivity contribution is -0.115. The van der Waals surface area contributed by atoms with Gasteiger partial charge in [0.1, 0.15) is 16.7 Å². The fourth-order valence-electron chi connectivity index (χ4n) is 1.98. The lowest BCUT2D eigenvalue weighted by atomic mass is 10.2. The van der Waals surface area contributed by atoms with Crippen molar-refractivity contribution in [3.05, 3.63) is 40.2 Å². The van der Waals surface area contributed by atoms with Gasteiger partial charge in [-0.3, -0.25) is 4.79 Å². The highest BCUT2D eigenvalue weighted by molar-refractivity contribution is 7.89. The summed E-state index contributed by atoms with van der Waals surface area (Å²) in [5.74, 6) is -0.453. The van der Waals surface area contributed by atoms with Crippen LogP contribution < -0.4 is 10.0 Å². The number of anilines is 1. The van der Waals surface area contributed by atoms with Gasteiger partial charge in [0.15, 0.2) is 5.76 Å². The Morgan fingerprint density at radius 2 is 2.12 bits per heavy atom. The van der Waals surface area contributed by atoms with Crippen molar-refractivity contribution < 1.29 is 17.7 Å². The van der Waals surface area contributed by atoms with Gasteiger partial charge in [-0.2, -0.15) is 5.26 Å². The Balaban J connectivity index is 2.03. The van der Waals surface area contributed by atoms with Crippen LogP contribution in [0.2, 0.25) is 5.02 Å². The molecule has 0 aliphatic carbocycles. The molecule has 24 heavy (non-hydrogen) atoms. The summed E-state index contributed by atoms with van der Waals surface area (Å²) in [6.45, 7) is 2.47. The molecule has 0 bridgehead atoms. The second-order valence-corrected chi connectivity index (χ2v) is 6.94. The van der Waals surface area contributed by atoms with Gasteiger partial charge >= 0.3 is 0 Å². The smallest absolute Gasteiger partial charge is 0.246 e. The zero-order valence-electron chi connectivity index (χ0n) is 12.8. The van der Waals surface area contributed by atoms with Crippen LogP contribution in [-0.2, 0) is 14.8 Å². The topological polar surface area (TPSA) is 125 Å². The molecule has 0 fully saturated rings. The normalized spacial score (nSPS) is 11.1. The van der Waals surface area contributed by atoms with E-state index in [0.717, 1.165) is 0 Å². The quantitative estimate of drug-likeness (QED) is 0.827. The van der Waals surface area contributed by atoms with E-state index in [1.807, 2.05) is 6.07 Å². The molecule has 0 saturated heterocycles. The molecule has 2 rings (SSSR count). The lowest BCUT2D eigenvalue weighted by Gasteiger charge is -2.08. The first-order valence-electron chi connectivity index (χ1n) is 6.66. The molecule has 2 aromatic rings. The zero-order chi connectivity index (χ0) is 17.9. The molecular formula is C14H13ClN4O4S. The summed E-state index contributed by atoms with van der Waals surface area (Å²) in [4.78, 5) is 11.8. The van der Waals surface area contributed by atoms with Gasteiger partial charge in [0.2, 0.25) is 15.9 Å². The number of carbonyl (C=O) groups is 1. The monoisotopic (exact) mass is 368 g/mol. The minimum Gasteiger partial charge on any atom is -0.360 e. The van der Waals surface area contributed by atoms with E-state index in [2.05, 4.69) is 15.2 Å². The van der Waals surface area contributed by atoms with Crippen molar-refractivity contribution in [1.82, 2.24) is 9.88 Å². The number of hydrogen-bond acceptors (Lipinski definition) is 6. The molecule has 2 N–H and O–H groups in total. The van der Waals surface area contributed by atoms with E-state index < -0.39 is 22.5 Å². The third-order valence-electron chi connectivity index (χ3n) is 3.03. The minimum atomic E-state index is -3.92. The predicted molar refractivity (Wildman–Crippen MR) is 86.0 cm³/mol. The first-order chi connectivity index (χ1) is 11.2. The highest BCUT2D eigenvalue weighted by Crippen LogP contribution is 2.20. The van der Waals surface area contributed by atoms with Gasteiger partial charge in [-0.1, -0.05) is 16.8 Å². The fraction of sp³-hybridized carbons (Fsp3) is 0.214. The first-order valence-corrected chi connectivity index (χ1v) is 8.52. The average molecular weight is 369 g/mol. The van der Waals surface area contributed by atoms with Crippen molar-refractivity contribution in [2.45, 2.75) is 18.7 Å². The average Bonchev–Trinajstić information content (AvgIpc) is 2.85.